The van der Waals surface area contributed by atoms with Crippen molar-refractivity contribution in [2.45, 2.75) is 6.54 Å². The van der Waals surface area contributed by atoms with Crippen LogP contribution in [0.2, 0.25) is 10.0 Å². The van der Waals surface area contributed by atoms with Crippen molar-refractivity contribution >= 4 is 45.6 Å². The van der Waals surface area contributed by atoms with Gasteiger partial charge >= 0.3 is 0 Å². The van der Waals surface area contributed by atoms with Gasteiger partial charge in [0.15, 0.2) is 0 Å². The average Bonchev–Trinajstić information content (AvgIpc) is 3.09. The molecule has 0 aliphatic carbocycles. The molecule has 0 aliphatic heterocycles. The Kier molecular flexibility index (Phi) is 4.84. The van der Waals surface area contributed by atoms with E-state index < -0.39 is 0 Å². The Labute approximate surface area is 166 Å². The maximum atomic E-state index is 12.4. The fourth-order valence-electron chi connectivity index (χ4n) is 2.99. The number of nitrogens with zero attached hydrogens (tertiary/aromatic N) is 2. The van der Waals surface area contributed by atoms with E-state index >= 15 is 0 Å². The molecule has 0 atom stereocenters. The van der Waals surface area contributed by atoms with Crippen LogP contribution in [0.3, 0.4) is 0 Å². The van der Waals surface area contributed by atoms with Crippen molar-refractivity contribution in [1.29, 1.82) is 0 Å². The Morgan fingerprint density at radius 2 is 1.85 bits per heavy atom. The molecule has 4 aromatic rings. The van der Waals surface area contributed by atoms with Gasteiger partial charge in [-0.3, -0.25) is 9.48 Å². The van der Waals surface area contributed by atoms with Crippen molar-refractivity contribution in [3.63, 3.8) is 0 Å². The molecule has 0 spiro atoms. The van der Waals surface area contributed by atoms with Crippen molar-refractivity contribution in [1.82, 2.24) is 9.78 Å². The van der Waals surface area contributed by atoms with E-state index in [1.165, 1.54) is 10.8 Å². The van der Waals surface area contributed by atoms with Gasteiger partial charge < -0.3 is 5.32 Å². The number of rotatable bonds is 4. The molecule has 4 rings (SSSR count). The highest BCUT2D eigenvalue weighted by Crippen LogP contribution is 2.23. The van der Waals surface area contributed by atoms with Crippen LogP contribution in [0.4, 0.5) is 5.69 Å². The second kappa shape index (κ2) is 7.43. The average molecular weight is 396 g/mol. The van der Waals surface area contributed by atoms with E-state index in [4.69, 9.17) is 23.2 Å². The number of hydrogen-bond donors (Lipinski definition) is 1. The lowest BCUT2D eigenvalue weighted by atomic mass is 10.0. The van der Waals surface area contributed by atoms with Gasteiger partial charge in [0.1, 0.15) is 0 Å². The molecule has 0 radical (unpaired) electrons. The van der Waals surface area contributed by atoms with E-state index in [1.54, 1.807) is 35.3 Å². The summed E-state index contributed by atoms with van der Waals surface area (Å²) in [5.74, 6) is -0.304. The Bertz CT molecular complexity index is 1130. The van der Waals surface area contributed by atoms with Crippen LogP contribution in [0.15, 0.2) is 73.1 Å². The molecule has 0 saturated heterocycles. The SMILES string of the molecule is O=C(Nc1cnn(Cc2cccc3ccccc23)c1)c1ccc(Cl)cc1Cl. The van der Waals surface area contributed by atoms with E-state index in [1.807, 2.05) is 18.2 Å². The third kappa shape index (κ3) is 3.82. The lowest BCUT2D eigenvalue weighted by molar-refractivity contribution is 0.102. The Morgan fingerprint density at radius 3 is 2.70 bits per heavy atom. The van der Waals surface area contributed by atoms with Gasteiger partial charge in [-0.25, -0.2) is 0 Å². The van der Waals surface area contributed by atoms with Gasteiger partial charge in [-0.1, -0.05) is 65.7 Å². The number of nitrogens with one attached hydrogen (secondary N) is 1. The fraction of sp³-hybridized carbons (Fsp3) is 0.0476. The number of amides is 1. The van der Waals surface area contributed by atoms with Crippen LogP contribution in [-0.4, -0.2) is 15.7 Å². The Morgan fingerprint density at radius 1 is 1.04 bits per heavy atom. The number of anilines is 1. The molecule has 1 heterocycles. The van der Waals surface area contributed by atoms with E-state index in [0.717, 1.165) is 5.56 Å². The molecule has 1 aromatic heterocycles. The summed E-state index contributed by atoms with van der Waals surface area (Å²) in [6, 6.07) is 19.2. The van der Waals surface area contributed by atoms with Gasteiger partial charge in [-0.2, -0.15) is 5.10 Å². The van der Waals surface area contributed by atoms with Crippen molar-refractivity contribution in [2.75, 3.05) is 5.32 Å². The highest BCUT2D eigenvalue weighted by atomic mass is 35.5. The Hall–Kier alpha value is -2.82. The number of carbonyl (C=O) groups is 1. The number of fused-ring (bicyclic) bond motifs is 1. The molecule has 0 unspecified atom stereocenters. The van der Waals surface area contributed by atoms with Crippen LogP contribution in [0, 0.1) is 0 Å². The Balaban J connectivity index is 1.52. The van der Waals surface area contributed by atoms with Gasteiger partial charge in [0.05, 0.1) is 29.0 Å². The lowest BCUT2D eigenvalue weighted by Crippen LogP contribution is -2.12. The molecule has 3 aromatic carbocycles. The van der Waals surface area contributed by atoms with Crippen molar-refractivity contribution < 1.29 is 4.79 Å². The molecular weight excluding hydrogens is 381 g/mol. The van der Waals surface area contributed by atoms with Crippen LogP contribution in [0.1, 0.15) is 15.9 Å². The maximum absolute atomic E-state index is 12.4. The minimum atomic E-state index is -0.304. The molecule has 27 heavy (non-hydrogen) atoms. The first-order valence-electron chi connectivity index (χ1n) is 8.36. The highest BCUT2D eigenvalue weighted by Gasteiger charge is 2.12. The number of hydrogen-bond acceptors (Lipinski definition) is 2. The van der Waals surface area contributed by atoms with Crippen LogP contribution >= 0.6 is 23.2 Å². The van der Waals surface area contributed by atoms with Gasteiger partial charge in [0.25, 0.3) is 5.91 Å². The van der Waals surface area contributed by atoms with E-state index in [0.29, 0.717) is 27.8 Å². The summed E-state index contributed by atoms with van der Waals surface area (Å²) < 4.78 is 1.79. The molecule has 134 valence electrons. The first kappa shape index (κ1) is 17.6. The van der Waals surface area contributed by atoms with Crippen molar-refractivity contribution in [3.8, 4) is 0 Å². The summed E-state index contributed by atoms with van der Waals surface area (Å²) in [5.41, 5.74) is 2.13. The van der Waals surface area contributed by atoms with Crippen molar-refractivity contribution in [2.24, 2.45) is 0 Å². The van der Waals surface area contributed by atoms with Crippen LogP contribution in [0.25, 0.3) is 10.8 Å². The standard InChI is InChI=1S/C21H15Cl2N3O/c22-16-8-9-19(20(23)10-16)21(27)25-17-11-24-26(13-17)12-15-6-3-5-14-4-1-2-7-18(14)15/h1-11,13H,12H2,(H,25,27). The smallest absolute Gasteiger partial charge is 0.257 e. The minimum absolute atomic E-state index is 0.304. The molecule has 1 amide bonds. The van der Waals surface area contributed by atoms with Crippen LogP contribution in [-0.2, 0) is 6.54 Å². The number of halogens is 2. The lowest BCUT2D eigenvalue weighted by Gasteiger charge is -2.07. The largest absolute Gasteiger partial charge is 0.319 e. The third-order valence-electron chi connectivity index (χ3n) is 4.28. The first-order valence-corrected chi connectivity index (χ1v) is 9.11. The summed E-state index contributed by atoms with van der Waals surface area (Å²) in [4.78, 5) is 12.4. The van der Waals surface area contributed by atoms with E-state index in [9.17, 15) is 4.79 Å². The van der Waals surface area contributed by atoms with E-state index in [-0.39, 0.29) is 5.91 Å². The van der Waals surface area contributed by atoms with Gasteiger partial charge in [0.2, 0.25) is 0 Å². The topological polar surface area (TPSA) is 46.9 Å². The summed E-state index contributed by atoms with van der Waals surface area (Å²) in [6.45, 7) is 0.610. The fourth-order valence-corrected chi connectivity index (χ4v) is 3.49. The quantitative estimate of drug-likeness (QED) is 0.485. The molecule has 4 nitrogen and oxygen atoms in total. The predicted octanol–water partition coefficient (Wildman–Crippen LogP) is 5.64. The zero-order chi connectivity index (χ0) is 18.8. The summed E-state index contributed by atoms with van der Waals surface area (Å²) in [5, 5.41) is 10.3. The van der Waals surface area contributed by atoms with E-state index in [2.05, 4.69) is 34.7 Å². The number of carbonyl (C=O) groups excluding carboxylic acids is 1. The predicted molar refractivity (Wildman–Crippen MR) is 110 cm³/mol. The molecule has 0 fully saturated rings. The van der Waals surface area contributed by atoms with Gasteiger partial charge in [-0.15, -0.1) is 0 Å². The molecule has 1 N–H and O–H groups in total. The zero-order valence-electron chi connectivity index (χ0n) is 14.2. The second-order valence-corrected chi connectivity index (χ2v) is 6.99. The number of benzene rings is 3. The summed E-state index contributed by atoms with van der Waals surface area (Å²) in [7, 11) is 0. The van der Waals surface area contributed by atoms with Crippen molar-refractivity contribution in [3.05, 3.63) is 94.2 Å². The minimum Gasteiger partial charge on any atom is -0.319 e. The van der Waals surface area contributed by atoms with Gasteiger partial charge in [0, 0.05) is 11.2 Å². The molecule has 6 heteroatoms. The highest BCUT2D eigenvalue weighted by molar-refractivity contribution is 6.37. The van der Waals surface area contributed by atoms with Crippen LogP contribution in [0.5, 0.6) is 0 Å². The van der Waals surface area contributed by atoms with Gasteiger partial charge in [-0.05, 0) is 34.5 Å². The normalized spacial score (nSPS) is 10.9. The molecule has 0 saturated carbocycles. The monoisotopic (exact) mass is 395 g/mol. The zero-order valence-corrected chi connectivity index (χ0v) is 15.7. The first-order chi connectivity index (χ1) is 13.1. The van der Waals surface area contributed by atoms with Crippen LogP contribution < -0.4 is 5.32 Å². The molecule has 0 bridgehead atoms. The molecule has 0 aliphatic rings. The summed E-state index contributed by atoms with van der Waals surface area (Å²) >= 11 is 12.0. The molecular formula is C21H15Cl2N3O. The number of aromatic nitrogens is 2. The third-order valence-corrected chi connectivity index (χ3v) is 4.83. The second-order valence-electron chi connectivity index (χ2n) is 6.14. The summed E-state index contributed by atoms with van der Waals surface area (Å²) in [6.07, 6.45) is 3.41. The maximum Gasteiger partial charge on any atom is 0.257 e.